The Morgan fingerprint density at radius 3 is 2.25 bits per heavy atom. The molecular weight excluding hydrogens is 250 g/mol. The quantitative estimate of drug-likeness (QED) is 0.779. The van der Waals surface area contributed by atoms with E-state index in [0.717, 1.165) is 16.8 Å². The predicted octanol–water partition coefficient (Wildman–Crippen LogP) is 3.42. The average molecular weight is 265 g/mol. The lowest BCUT2D eigenvalue weighted by Crippen LogP contribution is -2.07. The Kier molecular flexibility index (Phi) is 3.03. The van der Waals surface area contributed by atoms with Gasteiger partial charge in [0.05, 0.1) is 5.56 Å². The van der Waals surface area contributed by atoms with Crippen LogP contribution in [0.15, 0.2) is 48.5 Å². The van der Waals surface area contributed by atoms with Crippen molar-refractivity contribution in [2.75, 3.05) is 19.0 Å². The van der Waals surface area contributed by atoms with E-state index in [9.17, 15) is 4.79 Å². The van der Waals surface area contributed by atoms with Crippen LogP contribution in [-0.4, -0.2) is 20.1 Å². The molecule has 0 spiro atoms. The molecule has 1 heterocycles. The van der Waals surface area contributed by atoms with Crippen molar-refractivity contribution in [1.82, 2.24) is 0 Å². The van der Waals surface area contributed by atoms with Crippen LogP contribution in [-0.2, 0) is 4.74 Å². The van der Waals surface area contributed by atoms with Crippen LogP contribution < -0.4 is 4.90 Å². The molecule has 0 N–H and O–H groups in total. The molecule has 0 radical (unpaired) electrons. The Bertz CT molecular complexity index is 684. The van der Waals surface area contributed by atoms with E-state index in [1.54, 1.807) is 6.07 Å². The van der Waals surface area contributed by atoms with Gasteiger partial charge in [-0.1, -0.05) is 30.3 Å². The average Bonchev–Trinajstić information content (AvgIpc) is 2.77. The van der Waals surface area contributed by atoms with Gasteiger partial charge in [0.25, 0.3) is 0 Å². The van der Waals surface area contributed by atoms with E-state index in [0.29, 0.717) is 11.3 Å². The molecule has 0 aromatic heterocycles. The summed E-state index contributed by atoms with van der Waals surface area (Å²) in [4.78, 5) is 13.8. The highest BCUT2D eigenvalue weighted by Crippen LogP contribution is 2.31. The summed E-state index contributed by atoms with van der Waals surface area (Å²) in [6.45, 7) is 0. The molecule has 0 atom stereocenters. The molecule has 0 unspecified atom stereocenters. The maximum atomic E-state index is 11.7. The highest BCUT2D eigenvalue weighted by Gasteiger charge is 2.25. The van der Waals surface area contributed by atoms with E-state index < -0.39 is 0 Å². The van der Waals surface area contributed by atoms with Gasteiger partial charge < -0.3 is 9.64 Å². The van der Waals surface area contributed by atoms with Crippen molar-refractivity contribution in [1.29, 1.82) is 0 Å². The molecule has 100 valence electrons. The summed E-state index contributed by atoms with van der Waals surface area (Å²) in [5.41, 5.74) is 3.63. The summed E-state index contributed by atoms with van der Waals surface area (Å²) in [5.74, 6) is 0.333. The van der Waals surface area contributed by atoms with Crippen molar-refractivity contribution >= 4 is 23.5 Å². The minimum absolute atomic E-state index is 0.281. The van der Waals surface area contributed by atoms with Gasteiger partial charge in [-0.15, -0.1) is 0 Å². The standard InChI is InChI=1S/C17H15NO2/c1-18(2)13-9-7-12(8-10-13)11-16-14-5-3-4-6-15(14)17(19)20-16/h3-11H,1-2H3. The molecule has 0 fully saturated rings. The second kappa shape index (κ2) is 4.85. The fourth-order valence-corrected chi connectivity index (χ4v) is 2.21. The summed E-state index contributed by atoms with van der Waals surface area (Å²) in [5, 5.41) is 0. The SMILES string of the molecule is CN(C)c1ccc(C=C2OC(=O)c3ccccc32)cc1. The molecule has 1 aliphatic heterocycles. The van der Waals surface area contributed by atoms with Crippen molar-refractivity contribution in [3.05, 3.63) is 65.2 Å². The smallest absolute Gasteiger partial charge is 0.344 e. The second-order valence-corrected chi connectivity index (χ2v) is 4.93. The maximum Gasteiger partial charge on any atom is 0.344 e. The first-order valence-electron chi connectivity index (χ1n) is 6.46. The molecule has 0 aliphatic carbocycles. The third-order valence-electron chi connectivity index (χ3n) is 3.32. The monoisotopic (exact) mass is 265 g/mol. The zero-order valence-corrected chi connectivity index (χ0v) is 11.5. The Morgan fingerprint density at radius 2 is 1.60 bits per heavy atom. The number of carbonyl (C=O) groups excluding carboxylic acids is 1. The van der Waals surface area contributed by atoms with Gasteiger partial charge in [-0.2, -0.15) is 0 Å². The number of fused-ring (bicyclic) bond motifs is 1. The van der Waals surface area contributed by atoms with Crippen LogP contribution in [0.4, 0.5) is 5.69 Å². The molecule has 2 aromatic rings. The van der Waals surface area contributed by atoms with Gasteiger partial charge in [0, 0.05) is 25.3 Å². The third-order valence-corrected chi connectivity index (χ3v) is 3.32. The lowest BCUT2D eigenvalue weighted by atomic mass is 10.1. The third kappa shape index (κ3) is 2.18. The van der Waals surface area contributed by atoms with E-state index in [1.165, 1.54) is 0 Å². The number of anilines is 1. The van der Waals surface area contributed by atoms with Crippen LogP contribution in [0.3, 0.4) is 0 Å². The summed E-state index contributed by atoms with van der Waals surface area (Å²) in [6, 6.07) is 15.5. The summed E-state index contributed by atoms with van der Waals surface area (Å²) < 4.78 is 5.33. The number of benzene rings is 2. The Balaban J connectivity index is 1.96. The molecular formula is C17H15NO2. The van der Waals surface area contributed by atoms with Crippen LogP contribution in [0.5, 0.6) is 0 Å². The first-order chi connectivity index (χ1) is 9.65. The van der Waals surface area contributed by atoms with E-state index in [4.69, 9.17) is 4.74 Å². The Labute approximate surface area is 118 Å². The zero-order chi connectivity index (χ0) is 14.1. The normalized spacial score (nSPS) is 15.1. The number of hydrogen-bond acceptors (Lipinski definition) is 3. The number of esters is 1. The van der Waals surface area contributed by atoms with Crippen molar-refractivity contribution in [2.45, 2.75) is 0 Å². The first kappa shape index (κ1) is 12.5. The van der Waals surface area contributed by atoms with E-state index in [-0.39, 0.29) is 5.97 Å². The molecule has 2 aromatic carbocycles. The van der Waals surface area contributed by atoms with Gasteiger partial charge in [-0.3, -0.25) is 0 Å². The van der Waals surface area contributed by atoms with Gasteiger partial charge in [-0.05, 0) is 29.8 Å². The lowest BCUT2D eigenvalue weighted by Gasteiger charge is -2.11. The van der Waals surface area contributed by atoms with Crippen LogP contribution in [0, 0.1) is 0 Å². The molecule has 0 saturated heterocycles. The molecule has 3 heteroatoms. The van der Waals surface area contributed by atoms with Gasteiger partial charge in [-0.25, -0.2) is 4.79 Å². The molecule has 3 rings (SSSR count). The number of cyclic esters (lactones) is 1. The number of hydrogen-bond donors (Lipinski definition) is 0. The fraction of sp³-hybridized carbons (Fsp3) is 0.118. The van der Waals surface area contributed by atoms with Gasteiger partial charge in [0.2, 0.25) is 0 Å². The lowest BCUT2D eigenvalue weighted by molar-refractivity contribution is 0.0717. The van der Waals surface area contributed by atoms with Gasteiger partial charge >= 0.3 is 5.97 Å². The summed E-state index contributed by atoms with van der Waals surface area (Å²) in [7, 11) is 4.00. The molecule has 0 saturated carbocycles. The minimum atomic E-state index is -0.281. The topological polar surface area (TPSA) is 29.5 Å². The molecule has 0 bridgehead atoms. The van der Waals surface area contributed by atoms with Crippen molar-refractivity contribution < 1.29 is 9.53 Å². The summed E-state index contributed by atoms with van der Waals surface area (Å²) in [6.07, 6.45) is 1.89. The van der Waals surface area contributed by atoms with Crippen LogP contribution in [0.1, 0.15) is 21.5 Å². The highest BCUT2D eigenvalue weighted by atomic mass is 16.5. The largest absolute Gasteiger partial charge is 0.422 e. The zero-order valence-electron chi connectivity index (χ0n) is 11.5. The molecule has 0 amide bonds. The van der Waals surface area contributed by atoms with E-state index >= 15 is 0 Å². The minimum Gasteiger partial charge on any atom is -0.422 e. The second-order valence-electron chi connectivity index (χ2n) is 4.93. The maximum absolute atomic E-state index is 11.7. The van der Waals surface area contributed by atoms with Crippen molar-refractivity contribution in [2.24, 2.45) is 0 Å². The van der Waals surface area contributed by atoms with Crippen molar-refractivity contribution in [3.63, 3.8) is 0 Å². The number of ether oxygens (including phenoxy) is 1. The highest BCUT2D eigenvalue weighted by molar-refractivity contribution is 6.05. The Hall–Kier alpha value is -2.55. The van der Waals surface area contributed by atoms with E-state index in [2.05, 4.69) is 0 Å². The van der Waals surface area contributed by atoms with Gasteiger partial charge in [0.15, 0.2) is 0 Å². The number of rotatable bonds is 2. The van der Waals surface area contributed by atoms with Crippen LogP contribution in [0.25, 0.3) is 11.8 Å². The molecule has 1 aliphatic rings. The number of carbonyl (C=O) groups is 1. The first-order valence-corrected chi connectivity index (χ1v) is 6.46. The van der Waals surface area contributed by atoms with E-state index in [1.807, 2.05) is 67.5 Å². The molecule has 3 nitrogen and oxygen atoms in total. The fourth-order valence-electron chi connectivity index (χ4n) is 2.21. The summed E-state index contributed by atoms with van der Waals surface area (Å²) >= 11 is 0. The molecule has 20 heavy (non-hydrogen) atoms. The van der Waals surface area contributed by atoms with Gasteiger partial charge in [0.1, 0.15) is 5.76 Å². The van der Waals surface area contributed by atoms with Crippen LogP contribution >= 0.6 is 0 Å². The number of nitrogens with zero attached hydrogens (tertiary/aromatic N) is 1. The predicted molar refractivity (Wildman–Crippen MR) is 80.5 cm³/mol. The van der Waals surface area contributed by atoms with Crippen LogP contribution in [0.2, 0.25) is 0 Å². The Morgan fingerprint density at radius 1 is 0.950 bits per heavy atom. The van der Waals surface area contributed by atoms with Crippen molar-refractivity contribution in [3.8, 4) is 0 Å².